The lowest BCUT2D eigenvalue weighted by atomic mass is 10.00. The van der Waals surface area contributed by atoms with Gasteiger partial charge in [0.15, 0.2) is 5.78 Å². The number of nitrogens with zero attached hydrogens (tertiary/aromatic N) is 1. The van der Waals surface area contributed by atoms with E-state index in [-0.39, 0.29) is 29.2 Å². The van der Waals surface area contributed by atoms with Crippen LogP contribution < -0.4 is 0 Å². The Balaban J connectivity index is 2.50. The van der Waals surface area contributed by atoms with Gasteiger partial charge >= 0.3 is 5.97 Å². The predicted molar refractivity (Wildman–Crippen MR) is 109 cm³/mol. The molecule has 0 spiro atoms. The van der Waals surface area contributed by atoms with Gasteiger partial charge in [-0.1, -0.05) is 27.7 Å². The summed E-state index contributed by atoms with van der Waals surface area (Å²) in [5.74, 6) is -0.418. The van der Waals surface area contributed by atoms with Gasteiger partial charge in [0.1, 0.15) is 11.6 Å². The number of ketones is 1. The molecule has 1 saturated carbocycles. The van der Waals surface area contributed by atoms with E-state index in [2.05, 4.69) is 25.8 Å². The molecule has 1 rings (SSSR count). The second kappa shape index (κ2) is 8.42. The van der Waals surface area contributed by atoms with Crippen LogP contribution in [0.5, 0.6) is 0 Å². The molecule has 0 heterocycles. The van der Waals surface area contributed by atoms with E-state index in [4.69, 9.17) is 9.47 Å². The molecule has 3 atom stereocenters. The first-order valence-electron chi connectivity index (χ1n) is 10.0. The first-order valence-corrected chi connectivity index (χ1v) is 10.0. The first kappa shape index (κ1) is 23.8. The maximum Gasteiger partial charge on any atom is 0.309 e. The van der Waals surface area contributed by atoms with E-state index in [1.807, 2.05) is 41.5 Å². The van der Waals surface area contributed by atoms with Crippen molar-refractivity contribution in [3.8, 4) is 0 Å². The fraction of sp³-hybridized carbons (Fsp3) is 0.864. The molecule has 0 radical (unpaired) electrons. The molecule has 0 aromatic heterocycles. The summed E-state index contributed by atoms with van der Waals surface area (Å²) >= 11 is 0. The Morgan fingerprint density at radius 1 is 1.15 bits per heavy atom. The molecule has 5 heteroatoms. The second-order valence-corrected chi connectivity index (χ2v) is 10.1. The van der Waals surface area contributed by atoms with Crippen LogP contribution in [0.2, 0.25) is 0 Å². The average Bonchev–Trinajstić information content (AvgIpc) is 2.94. The minimum absolute atomic E-state index is 0.0178. The number of rotatable bonds is 9. The number of aliphatic imine (C=N–C) groups is 1. The summed E-state index contributed by atoms with van der Waals surface area (Å²) in [5.41, 5.74) is 0.348. The highest BCUT2D eigenvalue weighted by Crippen LogP contribution is 2.48. The van der Waals surface area contributed by atoms with Crippen LogP contribution >= 0.6 is 0 Å². The minimum atomic E-state index is -0.626. The van der Waals surface area contributed by atoms with E-state index in [0.29, 0.717) is 18.9 Å². The van der Waals surface area contributed by atoms with Crippen molar-refractivity contribution in [3.63, 3.8) is 0 Å². The molecular weight excluding hydrogens is 342 g/mol. The molecule has 1 unspecified atom stereocenters. The van der Waals surface area contributed by atoms with Gasteiger partial charge in [-0.3, -0.25) is 14.6 Å². The second-order valence-electron chi connectivity index (χ2n) is 10.1. The highest BCUT2D eigenvalue weighted by atomic mass is 16.6. The molecule has 1 fully saturated rings. The van der Waals surface area contributed by atoms with Gasteiger partial charge in [0, 0.05) is 29.9 Å². The maximum absolute atomic E-state index is 12.5. The van der Waals surface area contributed by atoms with Crippen molar-refractivity contribution in [2.75, 3.05) is 6.61 Å². The molecule has 0 bridgehead atoms. The Kier molecular flexibility index (Phi) is 7.42. The van der Waals surface area contributed by atoms with Crippen molar-refractivity contribution in [1.29, 1.82) is 0 Å². The normalized spacial score (nSPS) is 23.0. The summed E-state index contributed by atoms with van der Waals surface area (Å²) < 4.78 is 11.3. The van der Waals surface area contributed by atoms with Gasteiger partial charge in [-0.2, -0.15) is 0 Å². The molecule has 5 nitrogen and oxygen atoms in total. The van der Waals surface area contributed by atoms with E-state index in [0.717, 1.165) is 5.71 Å². The molecule has 0 aliphatic heterocycles. The van der Waals surface area contributed by atoms with E-state index in [1.165, 1.54) is 0 Å². The predicted octanol–water partition coefficient (Wildman–Crippen LogP) is 4.61. The molecule has 1 aliphatic carbocycles. The zero-order valence-corrected chi connectivity index (χ0v) is 18.9. The largest absolute Gasteiger partial charge is 0.459 e. The highest BCUT2D eigenvalue weighted by Gasteiger charge is 2.51. The third-order valence-corrected chi connectivity index (χ3v) is 5.39. The molecule has 0 amide bonds. The molecule has 156 valence electrons. The fourth-order valence-electron chi connectivity index (χ4n) is 2.88. The van der Waals surface area contributed by atoms with Gasteiger partial charge in [-0.25, -0.2) is 0 Å². The van der Waals surface area contributed by atoms with Gasteiger partial charge in [-0.15, -0.1) is 0 Å². The topological polar surface area (TPSA) is 65.0 Å². The van der Waals surface area contributed by atoms with Crippen LogP contribution in [0.1, 0.15) is 82.1 Å². The quantitative estimate of drug-likeness (QED) is 0.547. The van der Waals surface area contributed by atoms with Crippen LogP contribution in [0.15, 0.2) is 4.99 Å². The zero-order valence-electron chi connectivity index (χ0n) is 18.9. The SMILES string of the molecule is CC1/C(=N\[C@@H](C)C(=O)C[C@@H](C)C(=O)OC(C)(C)CCOC(C)(C)C)C1(C)C. The van der Waals surface area contributed by atoms with Crippen LogP contribution in [0.4, 0.5) is 0 Å². The molecule has 27 heavy (non-hydrogen) atoms. The summed E-state index contributed by atoms with van der Waals surface area (Å²) in [6.45, 7) is 20.2. The lowest BCUT2D eigenvalue weighted by Gasteiger charge is -2.28. The summed E-state index contributed by atoms with van der Waals surface area (Å²) in [4.78, 5) is 29.4. The van der Waals surface area contributed by atoms with Crippen LogP contribution in [-0.4, -0.2) is 41.3 Å². The Morgan fingerprint density at radius 2 is 1.67 bits per heavy atom. The maximum atomic E-state index is 12.5. The smallest absolute Gasteiger partial charge is 0.309 e. The summed E-state index contributed by atoms with van der Waals surface area (Å²) in [5, 5.41) is 0. The van der Waals surface area contributed by atoms with E-state index < -0.39 is 17.6 Å². The van der Waals surface area contributed by atoms with Crippen LogP contribution in [0, 0.1) is 17.3 Å². The molecular formula is C22H39NO4. The standard InChI is InChI=1S/C22H39NO4/c1-14(13-17(24)16(3)23-18-15(2)22(18,9)10)19(25)27-21(7,8)11-12-26-20(4,5)6/h14-16H,11-13H2,1-10H3/b23-18+/t14-,15?,16+/m1/s1. The molecule has 0 saturated heterocycles. The highest BCUT2D eigenvalue weighted by molar-refractivity contribution is 6.08. The van der Waals surface area contributed by atoms with Gasteiger partial charge in [-0.05, 0) is 41.5 Å². The summed E-state index contributed by atoms with van der Waals surface area (Å²) in [6.07, 6.45) is 0.758. The molecule has 0 aromatic carbocycles. The van der Waals surface area contributed by atoms with Crippen molar-refractivity contribution in [1.82, 2.24) is 0 Å². The minimum Gasteiger partial charge on any atom is -0.459 e. The van der Waals surface area contributed by atoms with E-state index in [1.54, 1.807) is 6.92 Å². The molecule has 0 aromatic rings. The van der Waals surface area contributed by atoms with Crippen molar-refractivity contribution in [2.24, 2.45) is 22.2 Å². The summed E-state index contributed by atoms with van der Waals surface area (Å²) in [7, 11) is 0. The molecule has 0 N–H and O–H groups in total. The number of esters is 1. The molecule has 1 aliphatic rings. The van der Waals surface area contributed by atoms with Crippen molar-refractivity contribution < 1.29 is 19.1 Å². The Hall–Kier alpha value is -1.23. The fourth-order valence-corrected chi connectivity index (χ4v) is 2.88. The van der Waals surface area contributed by atoms with Gasteiger partial charge < -0.3 is 9.47 Å². The van der Waals surface area contributed by atoms with E-state index in [9.17, 15) is 9.59 Å². The third-order valence-electron chi connectivity index (χ3n) is 5.39. The zero-order chi connectivity index (χ0) is 21.2. The Labute approximate surface area is 165 Å². The number of carbonyl (C=O) groups is 2. The number of ether oxygens (including phenoxy) is 2. The van der Waals surface area contributed by atoms with Gasteiger partial charge in [0.2, 0.25) is 0 Å². The lowest BCUT2D eigenvalue weighted by Crippen LogP contribution is -2.34. The van der Waals surface area contributed by atoms with Crippen molar-refractivity contribution in [3.05, 3.63) is 0 Å². The van der Waals surface area contributed by atoms with Gasteiger partial charge in [0.05, 0.1) is 18.1 Å². The monoisotopic (exact) mass is 381 g/mol. The Bertz CT molecular complexity index is 584. The van der Waals surface area contributed by atoms with Crippen molar-refractivity contribution in [2.45, 2.75) is 99.3 Å². The third kappa shape index (κ3) is 7.36. The van der Waals surface area contributed by atoms with Crippen molar-refractivity contribution >= 4 is 17.5 Å². The average molecular weight is 382 g/mol. The van der Waals surface area contributed by atoms with Crippen LogP contribution in [-0.2, 0) is 19.1 Å². The van der Waals surface area contributed by atoms with Crippen LogP contribution in [0.25, 0.3) is 0 Å². The van der Waals surface area contributed by atoms with Gasteiger partial charge in [0.25, 0.3) is 0 Å². The number of hydrogen-bond acceptors (Lipinski definition) is 5. The number of carbonyl (C=O) groups excluding carboxylic acids is 2. The van der Waals surface area contributed by atoms with Crippen LogP contribution in [0.3, 0.4) is 0 Å². The Morgan fingerprint density at radius 3 is 2.11 bits per heavy atom. The summed E-state index contributed by atoms with van der Waals surface area (Å²) in [6, 6.07) is -0.410. The first-order chi connectivity index (χ1) is 12.1. The lowest BCUT2D eigenvalue weighted by molar-refractivity contribution is -0.164. The number of Topliss-reactive ketones (excluding diaryl/α,β-unsaturated/α-hetero) is 1. The van der Waals surface area contributed by atoms with E-state index >= 15 is 0 Å². The number of hydrogen-bond donors (Lipinski definition) is 0.